The van der Waals surface area contributed by atoms with Crippen LogP contribution >= 0.6 is 0 Å². The van der Waals surface area contributed by atoms with Gasteiger partial charge in [-0.1, -0.05) is 47.5 Å². The highest BCUT2D eigenvalue weighted by molar-refractivity contribution is 5.91. The Kier molecular flexibility index (Phi) is 6.50. The fourth-order valence-corrected chi connectivity index (χ4v) is 3.54. The van der Waals surface area contributed by atoms with E-state index in [1.54, 1.807) is 43.5 Å². The van der Waals surface area contributed by atoms with E-state index in [4.69, 9.17) is 18.6 Å². The summed E-state index contributed by atoms with van der Waals surface area (Å²) in [4.78, 5) is 26.0. The summed E-state index contributed by atoms with van der Waals surface area (Å²) < 4.78 is 22.1. The van der Waals surface area contributed by atoms with Crippen molar-refractivity contribution in [3.05, 3.63) is 93.7 Å². The Morgan fingerprint density at radius 3 is 2.26 bits per heavy atom. The van der Waals surface area contributed by atoms with Gasteiger partial charge in [0.25, 0.3) is 0 Å². The molecule has 0 aliphatic rings. The monoisotopic (exact) mass is 456 g/mol. The minimum absolute atomic E-state index is 0.149. The maximum atomic E-state index is 13.3. The van der Waals surface area contributed by atoms with Crippen molar-refractivity contribution in [1.29, 1.82) is 0 Å². The van der Waals surface area contributed by atoms with Crippen molar-refractivity contribution in [2.75, 3.05) is 14.2 Å². The molecule has 0 atom stereocenters. The van der Waals surface area contributed by atoms with E-state index in [9.17, 15) is 9.59 Å². The molecule has 1 aromatic heterocycles. The predicted molar refractivity (Wildman–Crippen MR) is 132 cm³/mol. The minimum atomic E-state index is -0.706. The average molecular weight is 456 g/mol. The van der Waals surface area contributed by atoms with Crippen LogP contribution in [0.2, 0.25) is 0 Å². The Labute approximate surface area is 197 Å². The second-order valence-corrected chi connectivity index (χ2v) is 7.82. The molecule has 4 rings (SSSR count). The van der Waals surface area contributed by atoms with Crippen LogP contribution in [0.1, 0.15) is 16.7 Å². The van der Waals surface area contributed by atoms with Crippen molar-refractivity contribution >= 4 is 23.0 Å². The highest BCUT2D eigenvalue weighted by atomic mass is 16.5. The zero-order valence-corrected chi connectivity index (χ0v) is 19.4. The second-order valence-electron chi connectivity index (χ2n) is 7.82. The third kappa shape index (κ3) is 4.71. The molecular formula is C28H24O6. The predicted octanol–water partition coefficient (Wildman–Crippen LogP) is 5.71. The maximum absolute atomic E-state index is 13.3. The molecule has 6 heteroatoms. The van der Waals surface area contributed by atoms with Gasteiger partial charge in [0, 0.05) is 11.6 Å². The Hall–Kier alpha value is -4.32. The van der Waals surface area contributed by atoms with E-state index >= 15 is 0 Å². The summed E-state index contributed by atoms with van der Waals surface area (Å²) in [6, 6.07) is 18.0. The van der Waals surface area contributed by atoms with Crippen LogP contribution < -0.4 is 19.6 Å². The molecule has 0 N–H and O–H groups in total. The Bertz CT molecular complexity index is 1440. The van der Waals surface area contributed by atoms with Crippen LogP contribution in [0.3, 0.4) is 0 Å². The number of hydrogen-bond acceptors (Lipinski definition) is 6. The number of carbonyl (C=O) groups is 1. The molecule has 3 aromatic carbocycles. The molecule has 0 bridgehead atoms. The molecule has 4 aromatic rings. The van der Waals surface area contributed by atoms with Gasteiger partial charge in [0.2, 0.25) is 11.2 Å². The first-order valence-corrected chi connectivity index (χ1v) is 10.7. The van der Waals surface area contributed by atoms with Crippen LogP contribution in [0.4, 0.5) is 0 Å². The summed E-state index contributed by atoms with van der Waals surface area (Å²) in [6.07, 6.45) is 2.82. The summed E-state index contributed by atoms with van der Waals surface area (Å²) in [6.45, 7) is 3.84. The molecule has 0 amide bonds. The van der Waals surface area contributed by atoms with Gasteiger partial charge in [0.05, 0.1) is 19.6 Å². The zero-order valence-electron chi connectivity index (χ0n) is 19.4. The number of methoxy groups -OCH3 is 2. The number of benzene rings is 3. The van der Waals surface area contributed by atoms with Gasteiger partial charge >= 0.3 is 5.97 Å². The summed E-state index contributed by atoms with van der Waals surface area (Å²) in [5, 5.41) is 0.350. The zero-order chi connectivity index (χ0) is 24.2. The van der Waals surface area contributed by atoms with Crippen LogP contribution in [0.25, 0.3) is 28.4 Å². The number of aryl methyl sites for hydroxylation is 2. The van der Waals surface area contributed by atoms with Crippen molar-refractivity contribution in [3.8, 4) is 28.6 Å². The van der Waals surface area contributed by atoms with Crippen LogP contribution in [0.5, 0.6) is 17.2 Å². The van der Waals surface area contributed by atoms with E-state index < -0.39 is 11.4 Å². The highest BCUT2D eigenvalue weighted by Crippen LogP contribution is 2.32. The topological polar surface area (TPSA) is 75.0 Å². The molecule has 0 fully saturated rings. The van der Waals surface area contributed by atoms with Gasteiger partial charge in [-0.3, -0.25) is 4.79 Å². The summed E-state index contributed by atoms with van der Waals surface area (Å²) >= 11 is 0. The number of esters is 1. The fraction of sp³-hybridized carbons (Fsp3) is 0.143. The van der Waals surface area contributed by atoms with Crippen LogP contribution in [0.15, 0.2) is 76.0 Å². The molecule has 34 heavy (non-hydrogen) atoms. The molecular weight excluding hydrogens is 432 g/mol. The van der Waals surface area contributed by atoms with Crippen molar-refractivity contribution in [2.45, 2.75) is 13.8 Å². The van der Waals surface area contributed by atoms with E-state index in [1.807, 2.05) is 44.2 Å². The Morgan fingerprint density at radius 1 is 0.853 bits per heavy atom. The molecule has 0 saturated heterocycles. The van der Waals surface area contributed by atoms with Crippen LogP contribution in [-0.4, -0.2) is 20.2 Å². The molecule has 0 aliphatic heterocycles. The second kappa shape index (κ2) is 9.67. The van der Waals surface area contributed by atoms with Crippen molar-refractivity contribution in [1.82, 2.24) is 0 Å². The maximum Gasteiger partial charge on any atom is 0.336 e. The number of rotatable bonds is 6. The number of carbonyl (C=O) groups excluding carboxylic acids is 1. The molecule has 0 radical (unpaired) electrons. The summed E-state index contributed by atoms with van der Waals surface area (Å²) in [7, 11) is 3.08. The smallest absolute Gasteiger partial charge is 0.336 e. The third-order valence-corrected chi connectivity index (χ3v) is 5.34. The average Bonchev–Trinajstić information content (AvgIpc) is 2.85. The molecule has 0 spiro atoms. The van der Waals surface area contributed by atoms with Crippen LogP contribution in [-0.2, 0) is 4.79 Å². The van der Waals surface area contributed by atoms with E-state index in [2.05, 4.69) is 0 Å². The lowest BCUT2D eigenvalue weighted by Gasteiger charge is -2.10. The van der Waals surface area contributed by atoms with E-state index in [0.717, 1.165) is 11.1 Å². The lowest BCUT2D eigenvalue weighted by Crippen LogP contribution is -2.14. The van der Waals surface area contributed by atoms with Gasteiger partial charge in [-0.05, 0) is 49.8 Å². The minimum Gasteiger partial charge on any atom is -0.493 e. The summed E-state index contributed by atoms with van der Waals surface area (Å²) in [5.41, 5.74) is 3.30. The van der Waals surface area contributed by atoms with E-state index in [-0.39, 0.29) is 11.5 Å². The Balaban J connectivity index is 1.72. The molecule has 172 valence electrons. The quantitative estimate of drug-likeness (QED) is 0.273. The van der Waals surface area contributed by atoms with E-state index in [1.165, 1.54) is 13.2 Å². The van der Waals surface area contributed by atoms with Crippen molar-refractivity contribution in [2.24, 2.45) is 0 Å². The first-order valence-electron chi connectivity index (χ1n) is 10.7. The molecule has 1 heterocycles. The highest BCUT2D eigenvalue weighted by Gasteiger charge is 2.20. The van der Waals surface area contributed by atoms with Gasteiger partial charge < -0.3 is 18.6 Å². The van der Waals surface area contributed by atoms with E-state index in [0.29, 0.717) is 33.6 Å². The summed E-state index contributed by atoms with van der Waals surface area (Å²) in [5.74, 6) is 0.458. The fourth-order valence-electron chi connectivity index (χ4n) is 3.54. The standard InChI is InChI=1S/C28H24O6/c1-17-5-10-20(11-6-17)27-28(26(30)21-15-18(2)7-12-22(21)33-27)34-25(29)14-9-19-8-13-23(31-3)24(16-19)32-4/h5-16H,1-4H3. The molecule has 6 nitrogen and oxygen atoms in total. The third-order valence-electron chi connectivity index (χ3n) is 5.34. The number of ether oxygens (including phenoxy) is 3. The van der Waals surface area contributed by atoms with Gasteiger partial charge in [-0.25, -0.2) is 4.79 Å². The van der Waals surface area contributed by atoms with Gasteiger partial charge in [0.15, 0.2) is 17.3 Å². The lowest BCUT2D eigenvalue weighted by molar-refractivity contribution is -0.129. The molecule has 0 saturated carbocycles. The van der Waals surface area contributed by atoms with Gasteiger partial charge in [0.1, 0.15) is 5.58 Å². The SMILES string of the molecule is COc1ccc(C=CC(=O)Oc2c(-c3ccc(C)cc3)oc3ccc(C)cc3c2=O)cc1OC. The molecule has 0 unspecified atom stereocenters. The van der Waals surface area contributed by atoms with Crippen molar-refractivity contribution in [3.63, 3.8) is 0 Å². The molecule has 0 aliphatic carbocycles. The number of fused-ring (bicyclic) bond motifs is 1. The first-order chi connectivity index (χ1) is 16.4. The van der Waals surface area contributed by atoms with Gasteiger partial charge in [-0.15, -0.1) is 0 Å². The van der Waals surface area contributed by atoms with Crippen LogP contribution in [0, 0.1) is 13.8 Å². The lowest BCUT2D eigenvalue weighted by atomic mass is 10.1. The van der Waals surface area contributed by atoms with Gasteiger partial charge in [-0.2, -0.15) is 0 Å². The number of hydrogen-bond donors (Lipinski definition) is 0. The largest absolute Gasteiger partial charge is 0.493 e. The Morgan fingerprint density at radius 2 is 1.56 bits per heavy atom. The first kappa shape index (κ1) is 22.9. The normalized spacial score (nSPS) is 11.1. The van der Waals surface area contributed by atoms with Crippen molar-refractivity contribution < 1.29 is 23.4 Å².